The van der Waals surface area contributed by atoms with Crippen molar-refractivity contribution in [2.45, 2.75) is 60.3 Å². The second-order valence-corrected chi connectivity index (χ2v) is 13.0. The van der Waals surface area contributed by atoms with Crippen LogP contribution in [0.25, 0.3) is 22.1 Å². The number of ether oxygens (including phenoxy) is 2. The van der Waals surface area contributed by atoms with E-state index in [0.29, 0.717) is 75.9 Å². The number of benzene rings is 2. The molecule has 4 aromatic heterocycles. The van der Waals surface area contributed by atoms with Gasteiger partial charge in [-0.2, -0.15) is 10.2 Å². The average Bonchev–Trinajstić information content (AvgIpc) is 3.94. The van der Waals surface area contributed by atoms with Crippen molar-refractivity contribution in [3.05, 3.63) is 95.6 Å². The molecule has 6 N–H and O–H groups in total. The van der Waals surface area contributed by atoms with Gasteiger partial charge < -0.3 is 30.1 Å². The largest absolute Gasteiger partial charge is 0.491 e. The third-order valence-corrected chi connectivity index (χ3v) is 8.93. The molecule has 0 spiro atoms. The van der Waals surface area contributed by atoms with Gasteiger partial charge in [0.1, 0.15) is 33.9 Å². The van der Waals surface area contributed by atoms with Crippen LogP contribution in [-0.2, 0) is 26.2 Å². The van der Waals surface area contributed by atoms with E-state index in [1.165, 1.54) is 24.3 Å². The Hall–Kier alpha value is -7.24. The summed E-state index contributed by atoms with van der Waals surface area (Å²) < 4.78 is 19.1. The number of aryl methyl sites for hydroxylation is 4. The molecule has 296 valence electrons. The predicted molar refractivity (Wildman–Crippen MR) is 214 cm³/mol. The topological polar surface area (TPSA) is 234 Å². The standard InChI is InChI=1S/C39H44N12O6/c1-7-12-48-32-26(42-38(48)44-36(54)28-16-22(5)46-50(28)9-3)18-24(34(40)52)20-30(32)56-14-11-15-57-31-21-25(35(41)53)19-27-33(31)49(13-8-2)39(43-27)45-37(55)29-17-23(6)47-51(29)10-4/h7-8,16-21H,1-2,9-15H2,3-6H3,(H2,40,52)(H2,41,53)(H,42,44,54)(H,43,45,55). The first kappa shape index (κ1) is 39.5. The van der Waals surface area contributed by atoms with E-state index in [1.807, 2.05) is 13.8 Å². The predicted octanol–water partition coefficient (Wildman–Crippen LogP) is 4.36. The van der Waals surface area contributed by atoms with Crippen molar-refractivity contribution in [1.82, 2.24) is 38.7 Å². The van der Waals surface area contributed by atoms with E-state index in [-0.39, 0.29) is 49.3 Å². The van der Waals surface area contributed by atoms with Crippen LogP contribution in [0, 0.1) is 13.8 Å². The normalized spacial score (nSPS) is 11.2. The van der Waals surface area contributed by atoms with E-state index in [9.17, 15) is 19.2 Å². The van der Waals surface area contributed by atoms with E-state index in [4.69, 9.17) is 20.9 Å². The Morgan fingerprint density at radius 1 is 0.684 bits per heavy atom. The summed E-state index contributed by atoms with van der Waals surface area (Å²) in [6.45, 7) is 16.8. The smallest absolute Gasteiger partial charge is 0.276 e. The molecule has 0 radical (unpaired) electrons. The van der Waals surface area contributed by atoms with Gasteiger partial charge in [-0.3, -0.25) is 39.2 Å². The molecule has 57 heavy (non-hydrogen) atoms. The van der Waals surface area contributed by atoms with Crippen molar-refractivity contribution in [2.24, 2.45) is 11.5 Å². The Balaban J connectivity index is 1.25. The van der Waals surface area contributed by atoms with E-state index < -0.39 is 23.6 Å². The molecule has 0 aliphatic carbocycles. The number of hydrogen-bond acceptors (Lipinski definition) is 10. The number of nitrogens with zero attached hydrogens (tertiary/aromatic N) is 8. The maximum Gasteiger partial charge on any atom is 0.276 e. The molecule has 18 nitrogen and oxygen atoms in total. The molecule has 4 heterocycles. The number of aromatic nitrogens is 8. The number of primary amides is 2. The molecule has 0 bridgehead atoms. The van der Waals surface area contributed by atoms with Crippen LogP contribution in [-0.4, -0.2) is 75.5 Å². The molecule has 0 saturated heterocycles. The zero-order valence-corrected chi connectivity index (χ0v) is 32.2. The van der Waals surface area contributed by atoms with E-state index in [1.54, 1.807) is 56.6 Å². The van der Waals surface area contributed by atoms with Gasteiger partial charge in [0.05, 0.1) is 35.6 Å². The number of amides is 4. The molecule has 0 unspecified atom stereocenters. The highest BCUT2D eigenvalue weighted by atomic mass is 16.5. The van der Waals surface area contributed by atoms with Crippen LogP contribution in [0.1, 0.15) is 73.3 Å². The van der Waals surface area contributed by atoms with Gasteiger partial charge in [0.15, 0.2) is 0 Å². The fourth-order valence-corrected chi connectivity index (χ4v) is 6.46. The monoisotopic (exact) mass is 776 g/mol. The van der Waals surface area contributed by atoms with Gasteiger partial charge in [0, 0.05) is 43.7 Å². The second kappa shape index (κ2) is 16.6. The molecule has 6 rings (SSSR count). The molecule has 0 atom stereocenters. The van der Waals surface area contributed by atoms with Crippen molar-refractivity contribution in [3.8, 4) is 11.5 Å². The van der Waals surface area contributed by atoms with Crippen LogP contribution < -0.4 is 31.6 Å². The minimum atomic E-state index is -0.688. The van der Waals surface area contributed by atoms with Crippen LogP contribution in [0.5, 0.6) is 11.5 Å². The summed E-state index contributed by atoms with van der Waals surface area (Å²) in [5.74, 6) is -1.18. The van der Waals surface area contributed by atoms with Crippen LogP contribution in [0.4, 0.5) is 11.9 Å². The number of hydrogen-bond donors (Lipinski definition) is 4. The molecule has 4 amide bonds. The van der Waals surface area contributed by atoms with Gasteiger partial charge in [0.25, 0.3) is 11.8 Å². The highest BCUT2D eigenvalue weighted by Gasteiger charge is 2.23. The molecule has 18 heteroatoms. The van der Waals surface area contributed by atoms with Gasteiger partial charge in [-0.05, 0) is 64.1 Å². The van der Waals surface area contributed by atoms with Crippen LogP contribution in [0.3, 0.4) is 0 Å². The van der Waals surface area contributed by atoms with E-state index in [2.05, 4.69) is 44.0 Å². The molecular weight excluding hydrogens is 733 g/mol. The summed E-state index contributed by atoms with van der Waals surface area (Å²) in [4.78, 5) is 60.7. The average molecular weight is 777 g/mol. The minimum absolute atomic E-state index is 0.115. The zero-order chi connectivity index (χ0) is 41.0. The first-order valence-electron chi connectivity index (χ1n) is 18.2. The zero-order valence-electron chi connectivity index (χ0n) is 32.2. The summed E-state index contributed by atoms with van der Waals surface area (Å²) >= 11 is 0. The highest BCUT2D eigenvalue weighted by molar-refractivity contribution is 6.05. The first-order valence-corrected chi connectivity index (χ1v) is 18.2. The van der Waals surface area contributed by atoms with Crippen molar-refractivity contribution in [2.75, 3.05) is 23.8 Å². The van der Waals surface area contributed by atoms with Gasteiger partial charge in [-0.1, -0.05) is 12.2 Å². The molecule has 6 aromatic rings. The fraction of sp³-hybridized carbons (Fsp3) is 0.282. The minimum Gasteiger partial charge on any atom is -0.491 e. The van der Waals surface area contributed by atoms with E-state index in [0.717, 1.165) is 0 Å². The Morgan fingerprint density at radius 2 is 1.09 bits per heavy atom. The molecule has 0 saturated carbocycles. The molecule has 2 aromatic carbocycles. The number of anilines is 2. The lowest BCUT2D eigenvalue weighted by molar-refractivity contribution is 0.0991. The quantitative estimate of drug-likeness (QED) is 0.0711. The van der Waals surface area contributed by atoms with Crippen LogP contribution in [0.2, 0.25) is 0 Å². The summed E-state index contributed by atoms with van der Waals surface area (Å²) in [5.41, 5.74) is 15.5. The summed E-state index contributed by atoms with van der Waals surface area (Å²) in [7, 11) is 0. The van der Waals surface area contributed by atoms with E-state index >= 15 is 0 Å². The first-order chi connectivity index (χ1) is 27.4. The lowest BCUT2D eigenvalue weighted by Gasteiger charge is -2.14. The third kappa shape index (κ3) is 8.10. The summed E-state index contributed by atoms with van der Waals surface area (Å²) in [6, 6.07) is 9.47. The number of nitrogens with two attached hydrogens (primary N) is 2. The third-order valence-electron chi connectivity index (χ3n) is 8.93. The Bertz CT molecular complexity index is 2380. The Kier molecular flexibility index (Phi) is 11.5. The van der Waals surface area contributed by atoms with Gasteiger partial charge in [-0.15, -0.1) is 13.2 Å². The number of allylic oxidation sites excluding steroid dienone is 2. The number of fused-ring (bicyclic) bond motifs is 2. The van der Waals surface area contributed by atoms with Crippen molar-refractivity contribution in [1.29, 1.82) is 0 Å². The molecular formula is C39H44N12O6. The summed E-state index contributed by atoms with van der Waals surface area (Å²) in [6.07, 6.45) is 3.63. The van der Waals surface area contributed by atoms with Gasteiger partial charge in [0.2, 0.25) is 23.7 Å². The molecule has 0 aliphatic rings. The maximum absolute atomic E-state index is 13.4. The van der Waals surface area contributed by atoms with Crippen LogP contribution >= 0.6 is 0 Å². The SMILES string of the molecule is C=CCn1c(NC(=O)c2cc(C)nn2CC)nc2cc(C(N)=O)cc(OCCCOc3cc(C(N)=O)cc4nc(NC(=O)c5cc(C)nn5CC)n(CC=C)c34)c21. The number of rotatable bonds is 18. The van der Waals surface area contributed by atoms with Crippen LogP contribution in [0.15, 0.2) is 61.7 Å². The maximum atomic E-state index is 13.4. The fourth-order valence-electron chi connectivity index (χ4n) is 6.46. The van der Waals surface area contributed by atoms with Crippen molar-refractivity contribution < 1.29 is 28.7 Å². The van der Waals surface area contributed by atoms with Gasteiger partial charge in [-0.25, -0.2) is 9.97 Å². The summed E-state index contributed by atoms with van der Waals surface area (Å²) in [5, 5.41) is 14.4. The molecule has 0 aliphatic heterocycles. The Labute approximate surface area is 327 Å². The van der Waals surface area contributed by atoms with Crippen molar-refractivity contribution >= 4 is 57.6 Å². The highest BCUT2D eigenvalue weighted by Crippen LogP contribution is 2.33. The number of carbonyl (C=O) groups is 4. The lowest BCUT2D eigenvalue weighted by Crippen LogP contribution is -2.20. The Morgan fingerprint density at radius 3 is 1.44 bits per heavy atom. The lowest BCUT2D eigenvalue weighted by atomic mass is 10.1. The number of nitrogens with one attached hydrogen (secondary N) is 2. The van der Waals surface area contributed by atoms with Crippen molar-refractivity contribution in [3.63, 3.8) is 0 Å². The molecule has 0 fully saturated rings. The number of carbonyl (C=O) groups excluding carboxylic acids is 4. The van der Waals surface area contributed by atoms with Gasteiger partial charge >= 0.3 is 0 Å². The second-order valence-electron chi connectivity index (χ2n) is 13.0. The number of imidazole rings is 2.